The van der Waals surface area contributed by atoms with Crippen molar-refractivity contribution in [2.75, 3.05) is 11.6 Å². The number of fused-ring (bicyclic) bond motifs is 1. The van der Waals surface area contributed by atoms with Gasteiger partial charge >= 0.3 is 0 Å². The van der Waals surface area contributed by atoms with Crippen molar-refractivity contribution >= 4 is 29.0 Å². The number of amides is 1. The fourth-order valence-corrected chi connectivity index (χ4v) is 3.56. The van der Waals surface area contributed by atoms with Gasteiger partial charge in [0.25, 0.3) is 5.91 Å². The third-order valence-electron chi connectivity index (χ3n) is 5.16. The molecule has 0 saturated heterocycles. The lowest BCUT2D eigenvalue weighted by Crippen LogP contribution is -2.35. The van der Waals surface area contributed by atoms with E-state index in [1.165, 1.54) is 30.6 Å². The standard InChI is InChI=1S/C22H21ClFN5O2/c1-3-14(4-2)27-22(30)16-10-25-8-7-18(16)29-12-31-19-11-26-20(28-21(19)29)15-9-13(23)5-6-17(15)24/h5-11,14H,3-4,12H2,1-2H3,(H,27,30). The molecular weight excluding hydrogens is 421 g/mol. The number of nitrogens with zero attached hydrogens (tertiary/aromatic N) is 4. The lowest BCUT2D eigenvalue weighted by molar-refractivity contribution is 0.0935. The quantitative estimate of drug-likeness (QED) is 0.595. The molecule has 1 aromatic carbocycles. The molecular formula is C22H21ClFN5O2. The number of hydrogen-bond donors (Lipinski definition) is 1. The number of carbonyl (C=O) groups excluding carboxylic acids is 1. The van der Waals surface area contributed by atoms with Gasteiger partial charge in [-0.25, -0.2) is 14.4 Å². The Bertz CT molecular complexity index is 1120. The Balaban J connectivity index is 1.72. The largest absolute Gasteiger partial charge is 0.467 e. The summed E-state index contributed by atoms with van der Waals surface area (Å²) in [5.74, 6) is 0.345. The van der Waals surface area contributed by atoms with Crippen LogP contribution in [0, 0.1) is 5.82 Å². The van der Waals surface area contributed by atoms with Crippen molar-refractivity contribution in [1.82, 2.24) is 20.3 Å². The summed E-state index contributed by atoms with van der Waals surface area (Å²) >= 11 is 6.02. The molecule has 1 aliphatic rings. The van der Waals surface area contributed by atoms with Gasteiger partial charge in [-0.05, 0) is 37.1 Å². The van der Waals surface area contributed by atoms with Crippen LogP contribution >= 0.6 is 11.6 Å². The number of pyridine rings is 1. The second kappa shape index (κ2) is 8.85. The van der Waals surface area contributed by atoms with Crippen molar-refractivity contribution in [2.45, 2.75) is 32.7 Å². The first-order valence-corrected chi connectivity index (χ1v) is 10.4. The predicted molar refractivity (Wildman–Crippen MR) is 116 cm³/mol. The molecule has 4 rings (SSSR count). The highest BCUT2D eigenvalue weighted by Crippen LogP contribution is 2.39. The number of benzene rings is 1. The van der Waals surface area contributed by atoms with Crippen molar-refractivity contribution in [2.24, 2.45) is 0 Å². The van der Waals surface area contributed by atoms with Crippen LogP contribution in [0.1, 0.15) is 37.0 Å². The Morgan fingerprint density at radius 3 is 2.87 bits per heavy atom. The number of halogens is 2. The molecule has 3 heterocycles. The average Bonchev–Trinajstić information content (AvgIpc) is 3.22. The van der Waals surface area contributed by atoms with Crippen LogP contribution in [0.4, 0.5) is 15.9 Å². The van der Waals surface area contributed by atoms with Crippen molar-refractivity contribution in [3.05, 3.63) is 59.3 Å². The first kappa shape index (κ1) is 21.0. The summed E-state index contributed by atoms with van der Waals surface area (Å²) in [5, 5.41) is 3.41. The van der Waals surface area contributed by atoms with Gasteiger partial charge in [-0.1, -0.05) is 25.4 Å². The molecule has 0 atom stereocenters. The number of ether oxygens (including phenoxy) is 1. The van der Waals surface area contributed by atoms with Gasteiger partial charge in [-0.3, -0.25) is 14.7 Å². The first-order valence-electron chi connectivity index (χ1n) is 9.99. The zero-order chi connectivity index (χ0) is 22.0. The van der Waals surface area contributed by atoms with E-state index in [1.807, 2.05) is 13.8 Å². The van der Waals surface area contributed by atoms with Crippen LogP contribution in [0.2, 0.25) is 5.02 Å². The van der Waals surface area contributed by atoms with E-state index in [2.05, 4.69) is 20.3 Å². The molecule has 9 heteroatoms. The first-order chi connectivity index (χ1) is 15.0. The Morgan fingerprint density at radius 2 is 2.10 bits per heavy atom. The third kappa shape index (κ3) is 4.16. The van der Waals surface area contributed by atoms with E-state index >= 15 is 0 Å². The van der Waals surface area contributed by atoms with Gasteiger partial charge in [0.15, 0.2) is 24.1 Å². The summed E-state index contributed by atoms with van der Waals surface area (Å²) in [4.78, 5) is 27.5. The molecule has 1 aliphatic heterocycles. The Kier molecular flexibility index (Phi) is 5.99. The van der Waals surface area contributed by atoms with Crippen molar-refractivity contribution in [3.8, 4) is 17.1 Å². The molecule has 2 aromatic heterocycles. The minimum atomic E-state index is -0.482. The van der Waals surface area contributed by atoms with Gasteiger partial charge in [0, 0.05) is 23.5 Å². The van der Waals surface area contributed by atoms with Gasteiger partial charge < -0.3 is 10.1 Å². The summed E-state index contributed by atoms with van der Waals surface area (Å²) in [7, 11) is 0. The van der Waals surface area contributed by atoms with Crippen molar-refractivity contribution in [1.29, 1.82) is 0 Å². The average molecular weight is 442 g/mol. The Labute approximate surface area is 184 Å². The van der Waals surface area contributed by atoms with E-state index in [1.54, 1.807) is 17.2 Å². The summed E-state index contributed by atoms with van der Waals surface area (Å²) < 4.78 is 20.0. The maximum absolute atomic E-state index is 14.3. The van der Waals surface area contributed by atoms with Gasteiger partial charge in [0.05, 0.1) is 23.0 Å². The highest BCUT2D eigenvalue weighted by Gasteiger charge is 2.29. The van der Waals surface area contributed by atoms with Crippen LogP contribution in [0.25, 0.3) is 11.4 Å². The molecule has 0 fully saturated rings. The molecule has 31 heavy (non-hydrogen) atoms. The van der Waals surface area contributed by atoms with E-state index in [9.17, 15) is 9.18 Å². The van der Waals surface area contributed by atoms with Gasteiger partial charge in [-0.15, -0.1) is 0 Å². The Hall–Kier alpha value is -3.26. The van der Waals surface area contributed by atoms with Gasteiger partial charge in [0.1, 0.15) is 5.82 Å². The van der Waals surface area contributed by atoms with E-state index in [0.717, 1.165) is 12.8 Å². The third-order valence-corrected chi connectivity index (χ3v) is 5.40. The SMILES string of the molecule is CCC(CC)NC(=O)c1cnccc1N1COc2cnc(-c3cc(Cl)ccc3F)nc21. The molecule has 1 amide bonds. The number of aromatic nitrogens is 3. The van der Waals surface area contributed by atoms with Crippen LogP contribution in [0.15, 0.2) is 42.9 Å². The monoisotopic (exact) mass is 441 g/mol. The topological polar surface area (TPSA) is 80.2 Å². The fourth-order valence-electron chi connectivity index (χ4n) is 3.39. The zero-order valence-corrected chi connectivity index (χ0v) is 17.9. The summed E-state index contributed by atoms with van der Waals surface area (Å²) in [6.45, 7) is 4.19. The predicted octanol–water partition coefficient (Wildman–Crippen LogP) is 4.74. The number of rotatable bonds is 6. The molecule has 1 N–H and O–H groups in total. The van der Waals surface area contributed by atoms with Gasteiger partial charge in [-0.2, -0.15) is 0 Å². The van der Waals surface area contributed by atoms with Crippen LogP contribution < -0.4 is 15.0 Å². The van der Waals surface area contributed by atoms with Crippen molar-refractivity contribution < 1.29 is 13.9 Å². The smallest absolute Gasteiger partial charge is 0.255 e. The minimum absolute atomic E-state index is 0.0717. The van der Waals surface area contributed by atoms with Crippen LogP contribution in [0.5, 0.6) is 5.75 Å². The highest BCUT2D eigenvalue weighted by atomic mass is 35.5. The van der Waals surface area contributed by atoms with Crippen LogP contribution in [-0.2, 0) is 0 Å². The number of nitrogens with one attached hydrogen (secondary N) is 1. The molecule has 0 saturated carbocycles. The maximum atomic E-state index is 14.3. The molecule has 0 aliphatic carbocycles. The fraction of sp³-hybridized carbons (Fsp3) is 0.273. The normalized spacial score (nSPS) is 12.6. The number of anilines is 2. The molecule has 7 nitrogen and oxygen atoms in total. The Morgan fingerprint density at radius 1 is 1.29 bits per heavy atom. The van der Waals surface area contributed by atoms with Crippen LogP contribution in [-0.4, -0.2) is 33.6 Å². The zero-order valence-electron chi connectivity index (χ0n) is 17.1. The molecule has 0 radical (unpaired) electrons. The van der Waals surface area contributed by atoms with E-state index in [4.69, 9.17) is 16.3 Å². The molecule has 160 valence electrons. The summed E-state index contributed by atoms with van der Waals surface area (Å²) in [6.07, 6.45) is 6.26. The maximum Gasteiger partial charge on any atom is 0.255 e. The molecule has 0 spiro atoms. The summed E-state index contributed by atoms with van der Waals surface area (Å²) in [5.41, 5.74) is 1.18. The minimum Gasteiger partial charge on any atom is -0.467 e. The molecule has 3 aromatic rings. The number of carbonyl (C=O) groups is 1. The molecule has 0 bridgehead atoms. The summed E-state index contributed by atoms with van der Waals surface area (Å²) in [6, 6.07) is 6.00. The van der Waals surface area contributed by atoms with Crippen molar-refractivity contribution in [3.63, 3.8) is 0 Å². The van der Waals surface area contributed by atoms with E-state index < -0.39 is 5.82 Å². The molecule has 0 unspecified atom stereocenters. The van der Waals surface area contributed by atoms with Gasteiger partial charge in [0.2, 0.25) is 0 Å². The second-order valence-corrected chi connectivity index (χ2v) is 7.52. The highest BCUT2D eigenvalue weighted by molar-refractivity contribution is 6.30. The van der Waals surface area contributed by atoms with E-state index in [0.29, 0.717) is 27.8 Å². The van der Waals surface area contributed by atoms with Crippen LogP contribution in [0.3, 0.4) is 0 Å². The lowest BCUT2D eigenvalue weighted by Gasteiger charge is -2.21. The second-order valence-electron chi connectivity index (χ2n) is 7.09. The number of hydrogen-bond acceptors (Lipinski definition) is 6. The van der Waals surface area contributed by atoms with E-state index in [-0.39, 0.29) is 30.1 Å². The lowest BCUT2D eigenvalue weighted by atomic mass is 10.1.